The van der Waals surface area contributed by atoms with E-state index in [9.17, 15) is 0 Å². The molecule has 0 aliphatic heterocycles. The standard InChI is InChI=1S/C10H17Cl/c1-2-3-4-5-6-7-8-9-10-11/h7-10H,2-6H2,1H3. The highest BCUT2D eigenvalue weighted by atomic mass is 35.5. The fraction of sp³-hybridized carbons (Fsp3) is 0.600. The third-order valence-corrected chi connectivity index (χ3v) is 1.69. The van der Waals surface area contributed by atoms with Crippen molar-refractivity contribution in [3.05, 3.63) is 23.8 Å². The smallest absolute Gasteiger partial charge is 0.00423 e. The van der Waals surface area contributed by atoms with E-state index in [-0.39, 0.29) is 0 Å². The topological polar surface area (TPSA) is 0 Å². The molecule has 0 aromatic heterocycles. The van der Waals surface area contributed by atoms with E-state index in [0.29, 0.717) is 0 Å². The van der Waals surface area contributed by atoms with Gasteiger partial charge in [0.15, 0.2) is 0 Å². The average molecular weight is 173 g/mol. The number of unbranched alkanes of at least 4 members (excludes halogenated alkanes) is 4. The Morgan fingerprint density at radius 3 is 2.55 bits per heavy atom. The van der Waals surface area contributed by atoms with E-state index in [1.165, 1.54) is 37.6 Å². The SMILES string of the molecule is CCCCCCC=CC=CCl. The first-order valence-electron chi connectivity index (χ1n) is 4.33. The van der Waals surface area contributed by atoms with Gasteiger partial charge in [-0.25, -0.2) is 0 Å². The highest BCUT2D eigenvalue weighted by Crippen LogP contribution is 2.02. The Labute approximate surface area is 74.9 Å². The fourth-order valence-electron chi connectivity index (χ4n) is 0.906. The molecule has 0 spiro atoms. The highest BCUT2D eigenvalue weighted by Gasteiger charge is 1.82. The van der Waals surface area contributed by atoms with Crippen molar-refractivity contribution in [1.82, 2.24) is 0 Å². The molecule has 0 nitrogen and oxygen atoms in total. The summed E-state index contributed by atoms with van der Waals surface area (Å²) < 4.78 is 0. The summed E-state index contributed by atoms with van der Waals surface area (Å²) in [6.45, 7) is 2.23. The normalized spacial score (nSPS) is 11.8. The Morgan fingerprint density at radius 1 is 1.09 bits per heavy atom. The van der Waals surface area contributed by atoms with Crippen molar-refractivity contribution >= 4 is 11.6 Å². The van der Waals surface area contributed by atoms with Gasteiger partial charge in [0.1, 0.15) is 0 Å². The molecule has 1 heteroatoms. The van der Waals surface area contributed by atoms with Crippen LogP contribution in [0, 0.1) is 0 Å². The summed E-state index contributed by atoms with van der Waals surface area (Å²) in [4.78, 5) is 0. The van der Waals surface area contributed by atoms with Crippen molar-refractivity contribution < 1.29 is 0 Å². The molecule has 0 atom stereocenters. The minimum Gasteiger partial charge on any atom is -0.0930 e. The molecule has 0 rings (SSSR count). The van der Waals surface area contributed by atoms with Gasteiger partial charge in [0.2, 0.25) is 0 Å². The third kappa shape index (κ3) is 9.77. The zero-order chi connectivity index (χ0) is 8.36. The van der Waals surface area contributed by atoms with Gasteiger partial charge < -0.3 is 0 Å². The molecule has 0 N–H and O–H groups in total. The van der Waals surface area contributed by atoms with E-state index in [0.717, 1.165) is 0 Å². The third-order valence-electron chi connectivity index (χ3n) is 1.54. The molecular weight excluding hydrogens is 156 g/mol. The lowest BCUT2D eigenvalue weighted by Gasteiger charge is -1.92. The van der Waals surface area contributed by atoms with Crippen molar-refractivity contribution in [2.75, 3.05) is 0 Å². The van der Waals surface area contributed by atoms with E-state index in [4.69, 9.17) is 11.6 Å². The van der Waals surface area contributed by atoms with Crippen LogP contribution in [0.3, 0.4) is 0 Å². The molecule has 0 radical (unpaired) electrons. The molecule has 0 amide bonds. The number of halogens is 1. The van der Waals surface area contributed by atoms with Gasteiger partial charge in [-0.2, -0.15) is 0 Å². The van der Waals surface area contributed by atoms with Gasteiger partial charge in [-0.15, -0.1) is 0 Å². The summed E-state index contributed by atoms with van der Waals surface area (Å²) in [5.41, 5.74) is 1.53. The van der Waals surface area contributed by atoms with Crippen LogP contribution in [0.1, 0.15) is 39.0 Å². The molecule has 0 aromatic rings. The molecular formula is C10H17Cl. The van der Waals surface area contributed by atoms with Crippen LogP contribution in [0.15, 0.2) is 23.8 Å². The first-order valence-corrected chi connectivity index (χ1v) is 4.77. The molecule has 0 aromatic carbocycles. The van der Waals surface area contributed by atoms with Gasteiger partial charge in [-0.1, -0.05) is 56.0 Å². The van der Waals surface area contributed by atoms with Gasteiger partial charge in [-0.05, 0) is 12.8 Å². The first kappa shape index (κ1) is 10.8. The molecule has 0 unspecified atom stereocenters. The largest absolute Gasteiger partial charge is 0.0930 e. The molecule has 0 fully saturated rings. The monoisotopic (exact) mass is 172 g/mol. The molecule has 0 saturated heterocycles. The van der Waals surface area contributed by atoms with Crippen molar-refractivity contribution in [2.45, 2.75) is 39.0 Å². The number of hydrogen-bond acceptors (Lipinski definition) is 0. The predicted molar refractivity (Wildman–Crippen MR) is 52.9 cm³/mol. The lowest BCUT2D eigenvalue weighted by Crippen LogP contribution is -1.72. The lowest BCUT2D eigenvalue weighted by atomic mass is 10.1. The zero-order valence-corrected chi connectivity index (χ0v) is 7.98. The van der Waals surface area contributed by atoms with Crippen molar-refractivity contribution in [3.63, 3.8) is 0 Å². The maximum absolute atomic E-state index is 5.33. The van der Waals surface area contributed by atoms with Gasteiger partial charge in [0.25, 0.3) is 0 Å². The summed E-state index contributed by atoms with van der Waals surface area (Å²) in [6, 6.07) is 0. The molecule has 0 bridgehead atoms. The number of rotatable bonds is 6. The minimum atomic E-state index is 1.18. The Bertz CT molecular complexity index is 114. The summed E-state index contributed by atoms with van der Waals surface area (Å²) in [6.07, 6.45) is 12.5. The van der Waals surface area contributed by atoms with E-state index in [2.05, 4.69) is 13.0 Å². The second kappa shape index (κ2) is 9.77. The van der Waals surface area contributed by atoms with Gasteiger partial charge in [0.05, 0.1) is 0 Å². The molecule has 0 aliphatic rings. The predicted octanol–water partition coefficient (Wildman–Crippen LogP) is 4.27. The van der Waals surface area contributed by atoms with Gasteiger partial charge in [-0.3, -0.25) is 0 Å². The second-order valence-electron chi connectivity index (χ2n) is 2.60. The van der Waals surface area contributed by atoms with Crippen LogP contribution in [-0.2, 0) is 0 Å². The van der Waals surface area contributed by atoms with Crippen LogP contribution in [0.2, 0.25) is 0 Å². The van der Waals surface area contributed by atoms with Crippen LogP contribution < -0.4 is 0 Å². The lowest BCUT2D eigenvalue weighted by molar-refractivity contribution is 0.674. The van der Waals surface area contributed by atoms with Gasteiger partial charge in [0, 0.05) is 5.54 Å². The molecule has 0 aliphatic carbocycles. The molecule has 0 heterocycles. The quantitative estimate of drug-likeness (QED) is 0.415. The summed E-state index contributed by atoms with van der Waals surface area (Å²) in [5.74, 6) is 0. The highest BCUT2D eigenvalue weighted by molar-refractivity contribution is 6.25. The maximum Gasteiger partial charge on any atom is 0.00423 e. The first-order chi connectivity index (χ1) is 5.41. The van der Waals surface area contributed by atoms with Crippen molar-refractivity contribution in [3.8, 4) is 0 Å². The number of hydrogen-bond donors (Lipinski definition) is 0. The summed E-state index contributed by atoms with van der Waals surface area (Å²) in [5, 5.41) is 0. The van der Waals surface area contributed by atoms with Crippen LogP contribution in [0.25, 0.3) is 0 Å². The summed E-state index contributed by atoms with van der Waals surface area (Å²) >= 11 is 5.33. The maximum atomic E-state index is 5.33. The average Bonchev–Trinajstić information content (AvgIpc) is 2.03. The minimum absolute atomic E-state index is 1.18. The van der Waals surface area contributed by atoms with Crippen LogP contribution in [0.5, 0.6) is 0 Å². The van der Waals surface area contributed by atoms with Crippen molar-refractivity contribution in [1.29, 1.82) is 0 Å². The second-order valence-corrected chi connectivity index (χ2v) is 2.85. The van der Waals surface area contributed by atoms with E-state index < -0.39 is 0 Å². The van der Waals surface area contributed by atoms with Gasteiger partial charge >= 0.3 is 0 Å². The summed E-state index contributed by atoms with van der Waals surface area (Å²) in [7, 11) is 0. The Kier molecular flexibility index (Phi) is 9.57. The van der Waals surface area contributed by atoms with Crippen LogP contribution in [0.4, 0.5) is 0 Å². The zero-order valence-electron chi connectivity index (χ0n) is 7.22. The molecule has 0 saturated carbocycles. The Morgan fingerprint density at radius 2 is 1.91 bits per heavy atom. The van der Waals surface area contributed by atoms with E-state index >= 15 is 0 Å². The van der Waals surface area contributed by atoms with Crippen LogP contribution in [-0.4, -0.2) is 0 Å². The Balaban J connectivity index is 3.01. The molecule has 64 valence electrons. The number of allylic oxidation sites excluding steroid dienone is 3. The van der Waals surface area contributed by atoms with E-state index in [1.807, 2.05) is 12.2 Å². The van der Waals surface area contributed by atoms with Crippen LogP contribution >= 0.6 is 11.6 Å². The molecule has 11 heavy (non-hydrogen) atoms. The van der Waals surface area contributed by atoms with E-state index in [1.54, 1.807) is 0 Å². The fourth-order valence-corrected chi connectivity index (χ4v) is 0.990. The van der Waals surface area contributed by atoms with Crippen molar-refractivity contribution in [2.24, 2.45) is 0 Å². The Hall–Kier alpha value is -0.230.